The number of hydrogen-bond acceptors (Lipinski definition) is 5. The molecule has 0 unspecified atom stereocenters. The van der Waals surface area contributed by atoms with Crippen LogP contribution in [0, 0.1) is 0 Å². The minimum atomic E-state index is -0.922. The van der Waals surface area contributed by atoms with Gasteiger partial charge < -0.3 is 20.1 Å². The molecule has 0 bridgehead atoms. The van der Waals surface area contributed by atoms with Crippen molar-refractivity contribution in [1.82, 2.24) is 15.5 Å². The van der Waals surface area contributed by atoms with Crippen LogP contribution in [0.3, 0.4) is 0 Å². The number of rotatable bonds is 10. The first-order valence-corrected chi connectivity index (χ1v) is 13.2. The summed E-state index contributed by atoms with van der Waals surface area (Å²) in [6.07, 6.45) is 0.654. The Balaban J connectivity index is 1.61. The van der Waals surface area contributed by atoms with E-state index in [4.69, 9.17) is 4.74 Å². The molecule has 0 saturated carbocycles. The maximum Gasteiger partial charge on any atom is 0.410 e. The second-order valence-corrected chi connectivity index (χ2v) is 9.48. The van der Waals surface area contributed by atoms with Crippen LogP contribution in [0.1, 0.15) is 35.1 Å². The minimum Gasteiger partial charge on any atom is -0.481 e. The topological polar surface area (TPSA) is 90.9 Å². The van der Waals surface area contributed by atoms with Gasteiger partial charge in [0.05, 0.1) is 6.42 Å². The summed E-state index contributed by atoms with van der Waals surface area (Å²) in [4.78, 5) is 26.8. The molecule has 7 nitrogen and oxygen atoms in total. The fourth-order valence-electron chi connectivity index (χ4n) is 5.26. The number of aliphatic carboxylic acids is 1. The van der Waals surface area contributed by atoms with Gasteiger partial charge in [-0.15, -0.1) is 0 Å². The molecule has 0 aliphatic carbocycles. The van der Waals surface area contributed by atoms with Crippen LogP contribution in [-0.4, -0.2) is 28.4 Å². The Bertz CT molecular complexity index is 1350. The number of hydrogen-bond donors (Lipinski definition) is 3. The number of alkyl carbamates (subject to hydrolysis) is 1. The Morgan fingerprint density at radius 3 is 1.73 bits per heavy atom. The van der Waals surface area contributed by atoms with E-state index in [0.717, 1.165) is 28.0 Å². The fourth-order valence-corrected chi connectivity index (χ4v) is 5.26. The average molecular weight is 534 g/mol. The Morgan fingerprint density at radius 2 is 1.25 bits per heavy atom. The van der Waals surface area contributed by atoms with E-state index in [1.807, 2.05) is 84.9 Å². The number of allylic oxidation sites excluding steroid dienone is 1. The number of nitrogens with one attached hydrogen (secondary N) is 2. The van der Waals surface area contributed by atoms with Crippen LogP contribution >= 0.6 is 0 Å². The van der Waals surface area contributed by atoms with E-state index in [-0.39, 0.29) is 19.4 Å². The first-order valence-electron chi connectivity index (χ1n) is 13.2. The first kappa shape index (κ1) is 26.6. The number of ether oxygens (including phenoxy) is 1. The molecule has 0 spiro atoms. The summed E-state index contributed by atoms with van der Waals surface area (Å²) in [7, 11) is 0. The standard InChI is InChI=1S/C33H31N3O4/c37-30(38)22-21-29-23-34-31(35-32(39)40-24-25-13-5-1-6-14-25)36(29)33(26-15-7-2-8-16-26,27-17-9-3-10-18-27)28-19-11-4-12-20-28/h1-20,23,31,34H,21-22,24H2,(H,35,39)(H,37,38)/t31-/m0/s1. The Labute approximate surface area is 233 Å². The monoisotopic (exact) mass is 533 g/mol. The van der Waals surface area contributed by atoms with Gasteiger partial charge in [0, 0.05) is 11.9 Å². The van der Waals surface area contributed by atoms with Crippen molar-refractivity contribution in [2.45, 2.75) is 31.3 Å². The summed E-state index contributed by atoms with van der Waals surface area (Å²) < 4.78 is 5.57. The molecule has 1 amide bonds. The van der Waals surface area contributed by atoms with Crippen molar-refractivity contribution in [3.63, 3.8) is 0 Å². The number of carboxylic acids is 1. The van der Waals surface area contributed by atoms with Gasteiger partial charge in [-0.2, -0.15) is 0 Å². The van der Waals surface area contributed by atoms with Crippen molar-refractivity contribution in [2.24, 2.45) is 0 Å². The van der Waals surface area contributed by atoms with Crippen LogP contribution < -0.4 is 10.6 Å². The molecule has 202 valence electrons. The van der Waals surface area contributed by atoms with Gasteiger partial charge in [-0.25, -0.2) is 4.79 Å². The lowest BCUT2D eigenvalue weighted by atomic mass is 9.75. The molecule has 5 rings (SSSR count). The highest BCUT2D eigenvalue weighted by Gasteiger charge is 2.48. The van der Waals surface area contributed by atoms with Gasteiger partial charge in [-0.3, -0.25) is 10.1 Å². The third kappa shape index (κ3) is 5.54. The van der Waals surface area contributed by atoms with Crippen molar-refractivity contribution >= 4 is 12.1 Å². The lowest BCUT2D eigenvalue weighted by molar-refractivity contribution is -0.137. The zero-order chi connectivity index (χ0) is 27.8. The van der Waals surface area contributed by atoms with Crippen molar-refractivity contribution in [3.05, 3.63) is 155 Å². The van der Waals surface area contributed by atoms with Gasteiger partial charge in [0.25, 0.3) is 0 Å². The van der Waals surface area contributed by atoms with Gasteiger partial charge in [-0.1, -0.05) is 121 Å². The third-order valence-electron chi connectivity index (χ3n) is 6.97. The lowest BCUT2D eigenvalue weighted by Crippen LogP contribution is -2.59. The number of nitrogens with zero attached hydrogens (tertiary/aromatic N) is 1. The molecule has 0 saturated heterocycles. The molecule has 3 N–H and O–H groups in total. The van der Waals surface area contributed by atoms with Crippen molar-refractivity contribution < 1.29 is 19.4 Å². The van der Waals surface area contributed by atoms with Crippen molar-refractivity contribution in [2.75, 3.05) is 0 Å². The van der Waals surface area contributed by atoms with E-state index in [1.165, 1.54) is 0 Å². The molecule has 4 aromatic carbocycles. The van der Waals surface area contributed by atoms with E-state index in [1.54, 1.807) is 6.20 Å². The number of carbonyl (C=O) groups is 2. The quantitative estimate of drug-likeness (QED) is 0.223. The summed E-state index contributed by atoms with van der Waals surface area (Å²) in [5, 5.41) is 15.8. The molecular formula is C33H31N3O4. The van der Waals surface area contributed by atoms with Crippen molar-refractivity contribution in [1.29, 1.82) is 0 Å². The zero-order valence-electron chi connectivity index (χ0n) is 21.9. The van der Waals surface area contributed by atoms with E-state index in [9.17, 15) is 14.7 Å². The predicted molar refractivity (Wildman–Crippen MR) is 153 cm³/mol. The highest BCUT2D eigenvalue weighted by atomic mass is 16.5. The Morgan fingerprint density at radius 1 is 0.775 bits per heavy atom. The van der Waals surface area contributed by atoms with Crippen LogP contribution in [0.2, 0.25) is 0 Å². The molecule has 4 aromatic rings. The Kier molecular flexibility index (Phi) is 8.11. The molecule has 7 heteroatoms. The first-order chi connectivity index (χ1) is 19.6. The van der Waals surface area contributed by atoms with E-state index in [0.29, 0.717) is 0 Å². The van der Waals surface area contributed by atoms with E-state index in [2.05, 4.69) is 51.9 Å². The highest BCUT2D eigenvalue weighted by molar-refractivity contribution is 5.68. The maximum atomic E-state index is 13.1. The van der Waals surface area contributed by atoms with Crippen LogP contribution in [0.25, 0.3) is 0 Å². The molecule has 1 atom stereocenters. The zero-order valence-corrected chi connectivity index (χ0v) is 21.9. The normalized spacial score (nSPS) is 14.7. The average Bonchev–Trinajstić information content (AvgIpc) is 3.40. The summed E-state index contributed by atoms with van der Waals surface area (Å²) in [6, 6.07) is 39.6. The van der Waals surface area contributed by atoms with Crippen LogP contribution in [0.4, 0.5) is 4.79 Å². The Hall–Kier alpha value is -5.04. The van der Waals surface area contributed by atoms with E-state index < -0.39 is 23.9 Å². The maximum absolute atomic E-state index is 13.1. The van der Waals surface area contributed by atoms with Gasteiger partial charge in [-0.05, 0) is 28.7 Å². The molecule has 1 aliphatic heterocycles. The smallest absolute Gasteiger partial charge is 0.410 e. The fraction of sp³-hybridized carbons (Fsp3) is 0.152. The molecule has 0 radical (unpaired) electrons. The SMILES string of the molecule is O=C(O)CCC1=CN[C@@H](NC(=O)OCc2ccccc2)N1C(c1ccccc1)(c1ccccc1)c1ccccc1. The number of carbonyl (C=O) groups excluding carboxylic acids is 1. The molecule has 1 aliphatic rings. The molecule has 40 heavy (non-hydrogen) atoms. The third-order valence-corrected chi connectivity index (χ3v) is 6.97. The second kappa shape index (κ2) is 12.2. The van der Waals surface area contributed by atoms with Gasteiger partial charge in [0.1, 0.15) is 12.1 Å². The molecule has 0 fully saturated rings. The molecular weight excluding hydrogens is 502 g/mol. The summed E-state index contributed by atoms with van der Waals surface area (Å²) >= 11 is 0. The lowest BCUT2D eigenvalue weighted by Gasteiger charge is -2.48. The minimum absolute atomic E-state index is 0.0658. The van der Waals surface area contributed by atoms with Crippen molar-refractivity contribution in [3.8, 4) is 0 Å². The van der Waals surface area contributed by atoms with Gasteiger partial charge in [0.15, 0.2) is 6.29 Å². The molecule has 1 heterocycles. The largest absolute Gasteiger partial charge is 0.481 e. The van der Waals surface area contributed by atoms with Gasteiger partial charge in [0.2, 0.25) is 0 Å². The molecule has 0 aromatic heterocycles. The van der Waals surface area contributed by atoms with Crippen LogP contribution in [0.15, 0.2) is 133 Å². The van der Waals surface area contributed by atoms with Crippen LogP contribution in [-0.2, 0) is 21.7 Å². The summed E-state index contributed by atoms with van der Waals surface area (Å²) in [5.74, 6) is -0.899. The predicted octanol–water partition coefficient (Wildman–Crippen LogP) is 5.80. The summed E-state index contributed by atoms with van der Waals surface area (Å²) in [6.45, 7) is 0.125. The van der Waals surface area contributed by atoms with Gasteiger partial charge >= 0.3 is 12.1 Å². The number of benzene rings is 4. The van der Waals surface area contributed by atoms with E-state index >= 15 is 0 Å². The van der Waals surface area contributed by atoms with Crippen LogP contribution in [0.5, 0.6) is 0 Å². The highest BCUT2D eigenvalue weighted by Crippen LogP contribution is 2.46. The second-order valence-electron chi connectivity index (χ2n) is 9.48. The number of amides is 1. The summed E-state index contributed by atoms with van der Waals surface area (Å²) in [5.41, 5.74) is 3.58. The number of carboxylic acid groups (broad SMARTS) is 1.